The maximum absolute atomic E-state index is 5.38. The van der Waals surface area contributed by atoms with Crippen LogP contribution in [0.3, 0.4) is 0 Å². The van der Waals surface area contributed by atoms with Crippen LogP contribution in [0.1, 0.15) is 38.9 Å². The number of hydrogen-bond acceptors (Lipinski definition) is 3. The molecule has 3 atom stereocenters. The number of hydrogen-bond donors (Lipinski definition) is 1. The maximum Gasteiger partial charge on any atom is 0.105 e. The minimum absolute atomic E-state index is 0.511. The second kappa shape index (κ2) is 6.50. The van der Waals surface area contributed by atoms with Crippen molar-refractivity contribution in [2.45, 2.75) is 56.9 Å². The second-order valence-electron chi connectivity index (χ2n) is 4.94. The Bertz CT molecular complexity index is 312. The van der Waals surface area contributed by atoms with E-state index in [1.165, 1.54) is 25.0 Å². The normalized spacial score (nSPS) is 26.2. The first-order valence-electron chi connectivity index (χ1n) is 6.68. The van der Waals surface area contributed by atoms with Crippen LogP contribution < -0.4 is 5.32 Å². The summed E-state index contributed by atoms with van der Waals surface area (Å²) in [5.41, 5.74) is 0. The van der Waals surface area contributed by atoms with E-state index in [9.17, 15) is 0 Å². The van der Waals surface area contributed by atoms with E-state index < -0.39 is 0 Å². The fourth-order valence-electron chi connectivity index (χ4n) is 2.67. The Kier molecular flexibility index (Phi) is 4.99. The van der Waals surface area contributed by atoms with Crippen molar-refractivity contribution in [1.82, 2.24) is 5.32 Å². The van der Waals surface area contributed by atoms with Gasteiger partial charge in [-0.25, -0.2) is 0 Å². The molecule has 2 rings (SSSR count). The maximum atomic E-state index is 5.38. The van der Waals surface area contributed by atoms with E-state index in [2.05, 4.69) is 37.0 Å². The summed E-state index contributed by atoms with van der Waals surface area (Å²) in [5.74, 6) is 2.33. The Morgan fingerprint density at radius 3 is 3.12 bits per heavy atom. The summed E-state index contributed by atoms with van der Waals surface area (Å²) in [5, 5.41) is 4.61. The first-order valence-corrected chi connectivity index (χ1v) is 7.72. The van der Waals surface area contributed by atoms with Crippen LogP contribution in [0.5, 0.6) is 0 Å². The molecule has 3 heteroatoms. The molecular weight excluding hydrogens is 230 g/mol. The van der Waals surface area contributed by atoms with Gasteiger partial charge in [0.1, 0.15) is 5.76 Å². The van der Waals surface area contributed by atoms with Gasteiger partial charge in [0, 0.05) is 23.8 Å². The number of rotatable bonds is 6. The van der Waals surface area contributed by atoms with Gasteiger partial charge in [0.15, 0.2) is 0 Å². The third-order valence-electron chi connectivity index (χ3n) is 3.39. The number of furan rings is 1. The predicted molar refractivity (Wildman–Crippen MR) is 74.6 cm³/mol. The predicted octanol–water partition coefficient (Wildman–Crippen LogP) is 3.47. The summed E-state index contributed by atoms with van der Waals surface area (Å²) in [6.07, 6.45) is 6.80. The summed E-state index contributed by atoms with van der Waals surface area (Å²) in [6.45, 7) is 4.51. The summed E-state index contributed by atoms with van der Waals surface area (Å²) in [6, 6.07) is 5.24. The Morgan fingerprint density at radius 1 is 1.53 bits per heavy atom. The topological polar surface area (TPSA) is 25.2 Å². The van der Waals surface area contributed by atoms with Gasteiger partial charge in [0.05, 0.1) is 6.26 Å². The quantitative estimate of drug-likeness (QED) is 0.840. The molecule has 1 aromatic rings. The van der Waals surface area contributed by atoms with E-state index in [1.807, 2.05) is 6.07 Å². The van der Waals surface area contributed by atoms with Crippen molar-refractivity contribution in [3.05, 3.63) is 24.2 Å². The minimum Gasteiger partial charge on any atom is -0.469 e. The fraction of sp³-hybridized carbons (Fsp3) is 0.714. The molecule has 96 valence electrons. The average Bonchev–Trinajstić information content (AvgIpc) is 2.91. The van der Waals surface area contributed by atoms with Crippen molar-refractivity contribution in [2.75, 3.05) is 5.75 Å². The molecule has 1 fully saturated rings. The summed E-state index contributed by atoms with van der Waals surface area (Å²) in [7, 11) is 0. The average molecular weight is 253 g/mol. The van der Waals surface area contributed by atoms with Gasteiger partial charge in [-0.15, -0.1) is 0 Å². The van der Waals surface area contributed by atoms with Gasteiger partial charge in [-0.1, -0.05) is 6.92 Å². The highest BCUT2D eigenvalue weighted by atomic mass is 32.2. The largest absolute Gasteiger partial charge is 0.469 e. The molecule has 0 aliphatic heterocycles. The molecule has 3 unspecified atom stereocenters. The molecule has 1 N–H and O–H groups in total. The third kappa shape index (κ3) is 4.07. The standard InChI is InChI=1S/C14H23NOS/c1-3-17-14-7-6-12(10-14)15-11(2)9-13-5-4-8-16-13/h4-5,8,11-12,14-15H,3,6-7,9-10H2,1-2H3. The third-order valence-corrected chi connectivity index (χ3v) is 4.63. The van der Waals surface area contributed by atoms with Crippen LogP contribution in [-0.4, -0.2) is 23.1 Å². The molecule has 0 spiro atoms. The second-order valence-corrected chi connectivity index (χ2v) is 6.52. The summed E-state index contributed by atoms with van der Waals surface area (Å²) in [4.78, 5) is 0. The van der Waals surface area contributed by atoms with Crippen LogP contribution in [0.25, 0.3) is 0 Å². The lowest BCUT2D eigenvalue weighted by atomic mass is 10.1. The van der Waals surface area contributed by atoms with Gasteiger partial charge in [0.2, 0.25) is 0 Å². The van der Waals surface area contributed by atoms with Gasteiger partial charge in [-0.05, 0) is 44.1 Å². The Morgan fingerprint density at radius 2 is 2.41 bits per heavy atom. The Balaban J connectivity index is 1.70. The molecular formula is C14H23NOS. The van der Waals surface area contributed by atoms with E-state index >= 15 is 0 Å². The summed E-state index contributed by atoms with van der Waals surface area (Å²) < 4.78 is 5.38. The van der Waals surface area contributed by atoms with E-state index in [0.29, 0.717) is 12.1 Å². The van der Waals surface area contributed by atoms with E-state index in [1.54, 1.807) is 6.26 Å². The first kappa shape index (κ1) is 13.0. The molecule has 0 saturated heterocycles. The fourth-order valence-corrected chi connectivity index (χ4v) is 3.81. The smallest absolute Gasteiger partial charge is 0.105 e. The van der Waals surface area contributed by atoms with Gasteiger partial charge in [0.25, 0.3) is 0 Å². The highest BCUT2D eigenvalue weighted by Crippen LogP contribution is 2.29. The van der Waals surface area contributed by atoms with Crippen LogP contribution >= 0.6 is 11.8 Å². The van der Waals surface area contributed by atoms with Crippen molar-refractivity contribution in [3.8, 4) is 0 Å². The van der Waals surface area contributed by atoms with E-state index in [-0.39, 0.29) is 0 Å². The zero-order chi connectivity index (χ0) is 12.1. The van der Waals surface area contributed by atoms with Crippen molar-refractivity contribution < 1.29 is 4.42 Å². The van der Waals surface area contributed by atoms with Crippen LogP contribution in [0, 0.1) is 0 Å². The molecule has 0 amide bonds. The first-order chi connectivity index (χ1) is 8.28. The van der Waals surface area contributed by atoms with Gasteiger partial charge in [-0.2, -0.15) is 11.8 Å². The molecule has 0 bridgehead atoms. The highest BCUT2D eigenvalue weighted by molar-refractivity contribution is 7.99. The lowest BCUT2D eigenvalue weighted by Gasteiger charge is -2.18. The number of thioether (sulfide) groups is 1. The lowest BCUT2D eigenvalue weighted by molar-refractivity contribution is 0.414. The molecule has 17 heavy (non-hydrogen) atoms. The molecule has 1 heterocycles. The SMILES string of the molecule is CCSC1CCC(NC(C)Cc2ccco2)C1. The van der Waals surface area contributed by atoms with E-state index in [4.69, 9.17) is 4.42 Å². The van der Waals surface area contributed by atoms with Gasteiger partial charge in [-0.3, -0.25) is 0 Å². The number of nitrogens with one attached hydrogen (secondary N) is 1. The molecule has 0 aromatic carbocycles. The molecule has 1 aromatic heterocycles. The zero-order valence-electron chi connectivity index (χ0n) is 10.8. The Hall–Kier alpha value is -0.410. The summed E-state index contributed by atoms with van der Waals surface area (Å²) >= 11 is 2.12. The van der Waals surface area contributed by atoms with Crippen LogP contribution in [0.4, 0.5) is 0 Å². The van der Waals surface area contributed by atoms with Crippen LogP contribution in [0.2, 0.25) is 0 Å². The zero-order valence-corrected chi connectivity index (χ0v) is 11.6. The van der Waals surface area contributed by atoms with Crippen molar-refractivity contribution in [3.63, 3.8) is 0 Å². The molecule has 0 radical (unpaired) electrons. The van der Waals surface area contributed by atoms with Crippen LogP contribution in [-0.2, 0) is 6.42 Å². The Labute approximate surface area is 109 Å². The molecule has 1 aliphatic carbocycles. The molecule has 1 saturated carbocycles. The monoisotopic (exact) mass is 253 g/mol. The van der Waals surface area contributed by atoms with Gasteiger partial charge >= 0.3 is 0 Å². The minimum atomic E-state index is 0.511. The lowest BCUT2D eigenvalue weighted by Crippen LogP contribution is -2.36. The van der Waals surface area contributed by atoms with E-state index in [0.717, 1.165) is 17.4 Å². The molecule has 1 aliphatic rings. The van der Waals surface area contributed by atoms with Gasteiger partial charge < -0.3 is 9.73 Å². The van der Waals surface area contributed by atoms with Crippen molar-refractivity contribution in [1.29, 1.82) is 0 Å². The highest BCUT2D eigenvalue weighted by Gasteiger charge is 2.25. The molecule has 2 nitrogen and oxygen atoms in total. The van der Waals surface area contributed by atoms with Crippen molar-refractivity contribution in [2.24, 2.45) is 0 Å². The van der Waals surface area contributed by atoms with Crippen LogP contribution in [0.15, 0.2) is 22.8 Å². The van der Waals surface area contributed by atoms with Crippen molar-refractivity contribution >= 4 is 11.8 Å².